The lowest BCUT2D eigenvalue weighted by molar-refractivity contribution is 0.585. The molecule has 4 nitrogen and oxygen atoms in total. The first-order valence-electron chi connectivity index (χ1n) is 7.77. The highest BCUT2D eigenvalue weighted by Gasteiger charge is 2.21. The molecule has 1 N–H and O–H groups in total. The largest absolute Gasteiger partial charge is 0.366 e. The van der Waals surface area contributed by atoms with Gasteiger partial charge in [0, 0.05) is 26.2 Å². The number of anilines is 1. The van der Waals surface area contributed by atoms with E-state index in [2.05, 4.69) is 65.0 Å². The third kappa shape index (κ3) is 2.81. The Bertz CT molecular complexity index is 592. The van der Waals surface area contributed by atoms with Crippen molar-refractivity contribution < 1.29 is 0 Å². The molecule has 1 aromatic heterocycles. The predicted octanol–water partition coefficient (Wildman–Crippen LogP) is 2.71. The van der Waals surface area contributed by atoms with Crippen LogP contribution in [0.5, 0.6) is 0 Å². The Morgan fingerprint density at radius 1 is 1.10 bits per heavy atom. The molecule has 1 fully saturated rings. The molecule has 0 radical (unpaired) electrons. The Morgan fingerprint density at radius 3 is 2.38 bits per heavy atom. The van der Waals surface area contributed by atoms with Gasteiger partial charge in [0.2, 0.25) is 0 Å². The molecule has 0 saturated carbocycles. The standard InChI is InChI=1S/C17H24N4/c1-13(2)17-16(20-10-8-18-9-11-20)12-19-21(17)15-6-4-14(3)5-7-15/h4-7,12-13,18H,8-11H2,1-3H3. The van der Waals surface area contributed by atoms with Gasteiger partial charge in [-0.05, 0) is 25.0 Å². The van der Waals surface area contributed by atoms with Gasteiger partial charge in [-0.25, -0.2) is 4.68 Å². The molecule has 0 spiro atoms. The Kier molecular flexibility index (Phi) is 3.97. The van der Waals surface area contributed by atoms with Gasteiger partial charge in [-0.15, -0.1) is 0 Å². The molecule has 4 heteroatoms. The van der Waals surface area contributed by atoms with Crippen molar-refractivity contribution >= 4 is 5.69 Å². The van der Waals surface area contributed by atoms with E-state index in [0.717, 1.165) is 31.9 Å². The first kappa shape index (κ1) is 14.1. The zero-order chi connectivity index (χ0) is 14.8. The van der Waals surface area contributed by atoms with E-state index in [-0.39, 0.29) is 0 Å². The fraction of sp³-hybridized carbons (Fsp3) is 0.471. The van der Waals surface area contributed by atoms with E-state index in [9.17, 15) is 0 Å². The summed E-state index contributed by atoms with van der Waals surface area (Å²) in [6.07, 6.45) is 2.03. The number of nitrogens with one attached hydrogen (secondary N) is 1. The first-order chi connectivity index (χ1) is 10.2. The van der Waals surface area contributed by atoms with E-state index in [0.29, 0.717) is 5.92 Å². The number of nitrogens with zero attached hydrogens (tertiary/aromatic N) is 3. The van der Waals surface area contributed by atoms with Crippen molar-refractivity contribution in [1.82, 2.24) is 15.1 Å². The average Bonchev–Trinajstić information content (AvgIpc) is 2.94. The van der Waals surface area contributed by atoms with Crippen LogP contribution < -0.4 is 10.2 Å². The number of piperazine rings is 1. The van der Waals surface area contributed by atoms with Crippen molar-refractivity contribution in [2.45, 2.75) is 26.7 Å². The van der Waals surface area contributed by atoms with Crippen molar-refractivity contribution in [2.75, 3.05) is 31.1 Å². The maximum absolute atomic E-state index is 4.67. The molecular weight excluding hydrogens is 260 g/mol. The molecule has 0 atom stereocenters. The van der Waals surface area contributed by atoms with Gasteiger partial charge in [0.1, 0.15) is 0 Å². The fourth-order valence-electron chi connectivity index (χ4n) is 2.93. The molecule has 1 saturated heterocycles. The van der Waals surface area contributed by atoms with Crippen LogP contribution in [0.15, 0.2) is 30.5 Å². The number of aromatic nitrogens is 2. The van der Waals surface area contributed by atoms with Crippen LogP contribution >= 0.6 is 0 Å². The molecule has 0 unspecified atom stereocenters. The lowest BCUT2D eigenvalue weighted by Crippen LogP contribution is -2.43. The van der Waals surface area contributed by atoms with Gasteiger partial charge in [-0.2, -0.15) is 5.10 Å². The van der Waals surface area contributed by atoms with E-state index in [4.69, 9.17) is 0 Å². The second kappa shape index (κ2) is 5.90. The minimum absolute atomic E-state index is 0.443. The predicted molar refractivity (Wildman–Crippen MR) is 87.5 cm³/mol. The third-order valence-corrected chi connectivity index (χ3v) is 4.07. The monoisotopic (exact) mass is 284 g/mol. The summed E-state index contributed by atoms with van der Waals surface area (Å²) in [6.45, 7) is 10.8. The van der Waals surface area contributed by atoms with E-state index < -0.39 is 0 Å². The second-order valence-electron chi connectivity index (χ2n) is 6.05. The summed E-state index contributed by atoms with van der Waals surface area (Å²) in [4.78, 5) is 2.45. The maximum atomic E-state index is 4.67. The number of aryl methyl sites for hydroxylation is 1. The maximum Gasteiger partial charge on any atom is 0.0793 e. The van der Waals surface area contributed by atoms with Gasteiger partial charge in [0.15, 0.2) is 0 Å². The molecule has 3 rings (SSSR count). The minimum Gasteiger partial charge on any atom is -0.366 e. The van der Waals surface area contributed by atoms with Crippen LogP contribution in [0.3, 0.4) is 0 Å². The van der Waals surface area contributed by atoms with E-state index >= 15 is 0 Å². The highest BCUT2D eigenvalue weighted by atomic mass is 15.3. The van der Waals surface area contributed by atoms with Crippen molar-refractivity contribution in [1.29, 1.82) is 0 Å². The number of rotatable bonds is 3. The third-order valence-electron chi connectivity index (χ3n) is 4.07. The fourth-order valence-corrected chi connectivity index (χ4v) is 2.93. The van der Waals surface area contributed by atoms with Crippen molar-refractivity contribution in [3.05, 3.63) is 41.7 Å². The van der Waals surface area contributed by atoms with Gasteiger partial charge in [0.25, 0.3) is 0 Å². The SMILES string of the molecule is Cc1ccc(-n2ncc(N3CCNCC3)c2C(C)C)cc1. The summed E-state index contributed by atoms with van der Waals surface area (Å²) in [7, 11) is 0. The molecule has 2 aromatic rings. The molecule has 1 aliphatic heterocycles. The lowest BCUT2D eigenvalue weighted by atomic mass is 10.1. The van der Waals surface area contributed by atoms with Crippen LogP contribution in [0.2, 0.25) is 0 Å². The Balaban J connectivity index is 2.01. The zero-order valence-electron chi connectivity index (χ0n) is 13.1. The zero-order valence-corrected chi connectivity index (χ0v) is 13.1. The van der Waals surface area contributed by atoms with Gasteiger partial charge < -0.3 is 10.2 Å². The van der Waals surface area contributed by atoms with Crippen molar-refractivity contribution in [2.24, 2.45) is 0 Å². The second-order valence-corrected chi connectivity index (χ2v) is 6.05. The summed E-state index contributed by atoms with van der Waals surface area (Å²) in [5.41, 5.74) is 5.01. The quantitative estimate of drug-likeness (QED) is 0.941. The normalized spacial score (nSPS) is 15.7. The first-order valence-corrected chi connectivity index (χ1v) is 7.77. The molecule has 0 bridgehead atoms. The average molecular weight is 284 g/mol. The van der Waals surface area contributed by atoms with Crippen LogP contribution in [0.1, 0.15) is 31.0 Å². The van der Waals surface area contributed by atoms with E-state index in [1.807, 2.05) is 6.20 Å². The van der Waals surface area contributed by atoms with Crippen LogP contribution in [0.25, 0.3) is 5.69 Å². The molecule has 112 valence electrons. The summed E-state index contributed by atoms with van der Waals surface area (Å²) >= 11 is 0. The van der Waals surface area contributed by atoms with Gasteiger partial charge in [0.05, 0.1) is 23.3 Å². The van der Waals surface area contributed by atoms with Gasteiger partial charge >= 0.3 is 0 Å². The number of hydrogen-bond acceptors (Lipinski definition) is 3. The molecule has 21 heavy (non-hydrogen) atoms. The number of benzene rings is 1. The van der Waals surface area contributed by atoms with Crippen LogP contribution in [0, 0.1) is 6.92 Å². The van der Waals surface area contributed by atoms with Crippen LogP contribution in [-0.2, 0) is 0 Å². The van der Waals surface area contributed by atoms with Gasteiger partial charge in [-0.3, -0.25) is 0 Å². The summed E-state index contributed by atoms with van der Waals surface area (Å²) in [6, 6.07) is 8.59. The highest BCUT2D eigenvalue weighted by molar-refractivity contribution is 5.54. The number of hydrogen-bond donors (Lipinski definition) is 1. The van der Waals surface area contributed by atoms with Crippen molar-refractivity contribution in [3.8, 4) is 5.69 Å². The Morgan fingerprint density at radius 2 is 1.76 bits per heavy atom. The van der Waals surface area contributed by atoms with E-state index in [1.165, 1.54) is 16.9 Å². The summed E-state index contributed by atoms with van der Waals surface area (Å²) in [5, 5.41) is 8.08. The molecular formula is C17H24N4. The highest BCUT2D eigenvalue weighted by Crippen LogP contribution is 2.30. The lowest BCUT2D eigenvalue weighted by Gasteiger charge is -2.30. The molecule has 2 heterocycles. The van der Waals surface area contributed by atoms with Crippen LogP contribution in [0.4, 0.5) is 5.69 Å². The Hall–Kier alpha value is -1.81. The summed E-state index contributed by atoms with van der Waals surface area (Å²) < 4.78 is 2.10. The van der Waals surface area contributed by atoms with Crippen molar-refractivity contribution in [3.63, 3.8) is 0 Å². The molecule has 0 amide bonds. The summed E-state index contributed by atoms with van der Waals surface area (Å²) in [5.74, 6) is 0.443. The van der Waals surface area contributed by atoms with Gasteiger partial charge in [-0.1, -0.05) is 31.5 Å². The molecule has 0 aliphatic carbocycles. The molecule has 1 aliphatic rings. The minimum atomic E-state index is 0.443. The van der Waals surface area contributed by atoms with Crippen LogP contribution in [-0.4, -0.2) is 36.0 Å². The molecule has 1 aromatic carbocycles. The topological polar surface area (TPSA) is 33.1 Å². The Labute approximate surface area is 126 Å². The smallest absolute Gasteiger partial charge is 0.0793 e. The van der Waals surface area contributed by atoms with E-state index in [1.54, 1.807) is 0 Å².